The van der Waals surface area contributed by atoms with E-state index in [-0.39, 0.29) is 9.99 Å². The van der Waals surface area contributed by atoms with Gasteiger partial charge in [-0.3, -0.25) is 9.63 Å². The molecule has 2 aromatic carbocycles. The number of hydrogen-bond donors (Lipinski definition) is 3. The van der Waals surface area contributed by atoms with Gasteiger partial charge in [0.1, 0.15) is 18.0 Å². The molecule has 40 heavy (non-hydrogen) atoms. The second-order valence-electron chi connectivity index (χ2n) is 8.95. The number of carboxylic acid groups (broad SMARTS) is 1. The van der Waals surface area contributed by atoms with Crippen molar-refractivity contribution in [2.45, 2.75) is 32.9 Å². The van der Waals surface area contributed by atoms with Crippen LogP contribution in [0.5, 0.6) is 0 Å². The van der Waals surface area contributed by atoms with E-state index in [1.54, 1.807) is 0 Å². The number of ether oxygens (including phenoxy) is 1. The van der Waals surface area contributed by atoms with Crippen LogP contribution in [-0.4, -0.2) is 67.2 Å². The first-order chi connectivity index (χ1) is 18.4. The summed E-state index contributed by atoms with van der Waals surface area (Å²) in [4.78, 5) is 42.1. The number of nitrogens with one attached hydrogen (secondary N) is 2. The van der Waals surface area contributed by atoms with E-state index in [1.807, 2.05) is 27.3 Å². The molecule has 0 saturated heterocycles. The monoisotopic (exact) mass is 702 g/mol. The average Bonchev–Trinajstić information content (AvgIpc) is 2.84. The van der Waals surface area contributed by atoms with Crippen LogP contribution in [-0.2, 0) is 31.1 Å². The Morgan fingerprint density at radius 1 is 1.10 bits per heavy atom. The molecule has 3 N–H and O–H groups in total. The van der Waals surface area contributed by atoms with Gasteiger partial charge < -0.3 is 15.2 Å². The van der Waals surface area contributed by atoms with Gasteiger partial charge in [-0.25, -0.2) is 32.5 Å². The minimum absolute atomic E-state index is 0.0643. The lowest BCUT2D eigenvalue weighted by molar-refractivity contribution is -0.179. The van der Waals surface area contributed by atoms with E-state index in [4.69, 9.17) is 9.57 Å². The van der Waals surface area contributed by atoms with E-state index in [9.17, 15) is 32.3 Å². The average molecular weight is 702 g/mol. The lowest BCUT2D eigenvalue weighted by Gasteiger charge is -2.28. The molecule has 0 unspecified atom stereocenters. The number of hydrogen-bond acceptors (Lipinski definition) is 8. The summed E-state index contributed by atoms with van der Waals surface area (Å²) in [5, 5.41) is 12.2. The van der Waals surface area contributed by atoms with Crippen molar-refractivity contribution in [3.8, 4) is 0 Å². The Bertz CT molecular complexity index is 1420. The number of carbonyl (C=O) groups is 3. The normalized spacial score (nSPS) is 11.6. The van der Waals surface area contributed by atoms with Gasteiger partial charge in [0.05, 0.1) is 30.6 Å². The summed E-state index contributed by atoms with van der Waals surface area (Å²) in [6.07, 6.45) is -1.41. The molecule has 2 amide bonds. The van der Waals surface area contributed by atoms with Crippen molar-refractivity contribution in [2.75, 3.05) is 26.0 Å². The quantitative estimate of drug-likeness (QED) is 0.248. The summed E-state index contributed by atoms with van der Waals surface area (Å²) >= 11 is 1.82. The Kier molecular flexibility index (Phi) is 10.7. The van der Waals surface area contributed by atoms with Gasteiger partial charge in [-0.05, 0) is 67.6 Å². The molecular formula is C23H26F3IN4O8S. The van der Waals surface area contributed by atoms with Crippen molar-refractivity contribution >= 4 is 62.1 Å². The molecule has 0 bridgehead atoms. The number of carbonyl (C=O) groups excluding carboxylic acids is 2. The minimum atomic E-state index is -4.56. The molecule has 17 heteroatoms. The third-order valence-electron chi connectivity index (χ3n) is 4.94. The predicted molar refractivity (Wildman–Crippen MR) is 144 cm³/mol. The Hall–Kier alpha value is -3.16. The van der Waals surface area contributed by atoms with Crippen molar-refractivity contribution < 1.29 is 50.7 Å². The Morgan fingerprint density at radius 3 is 2.23 bits per heavy atom. The lowest BCUT2D eigenvalue weighted by atomic mass is 10.1. The zero-order chi connectivity index (χ0) is 30.6. The molecule has 0 aliphatic carbocycles. The molecule has 0 atom stereocenters. The highest BCUT2D eigenvalue weighted by atomic mass is 127. The van der Waals surface area contributed by atoms with Gasteiger partial charge in [0.2, 0.25) is 0 Å². The Labute approximate surface area is 241 Å². The van der Waals surface area contributed by atoms with E-state index >= 15 is 8.78 Å². The van der Waals surface area contributed by atoms with E-state index in [1.165, 1.54) is 32.9 Å². The van der Waals surface area contributed by atoms with Crippen LogP contribution < -0.4 is 10.0 Å². The first kappa shape index (κ1) is 33.0. The van der Waals surface area contributed by atoms with Gasteiger partial charge in [0, 0.05) is 16.2 Å². The summed E-state index contributed by atoms with van der Waals surface area (Å²) in [6, 6.07) is 4.44. The van der Waals surface area contributed by atoms with Gasteiger partial charge in [-0.2, -0.15) is 12.7 Å². The van der Waals surface area contributed by atoms with Gasteiger partial charge in [0.25, 0.3) is 5.91 Å². The second kappa shape index (κ2) is 13.0. The Morgan fingerprint density at radius 2 is 1.73 bits per heavy atom. The van der Waals surface area contributed by atoms with Gasteiger partial charge in [-0.1, -0.05) is 0 Å². The molecule has 12 nitrogen and oxygen atoms in total. The number of hydroxylamine groups is 2. The molecule has 2 rings (SSSR count). The van der Waals surface area contributed by atoms with E-state index in [0.717, 1.165) is 20.2 Å². The van der Waals surface area contributed by atoms with Crippen LogP contribution >= 0.6 is 22.6 Å². The number of anilines is 2. The van der Waals surface area contributed by atoms with Crippen LogP contribution in [0.15, 0.2) is 24.3 Å². The lowest BCUT2D eigenvalue weighted by Crippen LogP contribution is -2.50. The first-order valence-corrected chi connectivity index (χ1v) is 13.7. The number of benzene rings is 2. The summed E-state index contributed by atoms with van der Waals surface area (Å²) < 4.78 is 76.6. The zero-order valence-electron chi connectivity index (χ0n) is 21.8. The first-order valence-electron chi connectivity index (χ1n) is 11.2. The minimum Gasteiger partial charge on any atom is -0.478 e. The molecule has 0 aliphatic rings. The zero-order valence-corrected chi connectivity index (χ0v) is 24.8. The van der Waals surface area contributed by atoms with E-state index in [2.05, 4.69) is 5.32 Å². The van der Waals surface area contributed by atoms with Crippen LogP contribution in [0.3, 0.4) is 0 Å². The molecule has 0 heterocycles. The molecule has 0 fully saturated rings. The third-order valence-corrected chi connectivity index (χ3v) is 6.99. The maximum atomic E-state index is 15.1. The van der Waals surface area contributed by atoms with Crippen molar-refractivity contribution in [1.29, 1.82) is 0 Å². The van der Waals surface area contributed by atoms with Gasteiger partial charge in [0.15, 0.2) is 11.6 Å². The van der Waals surface area contributed by atoms with Crippen LogP contribution in [0.1, 0.15) is 36.7 Å². The molecule has 0 aromatic heterocycles. The number of nitrogens with zero attached hydrogens (tertiary/aromatic N) is 2. The molecule has 0 saturated carbocycles. The number of rotatable bonds is 10. The van der Waals surface area contributed by atoms with Crippen LogP contribution in [0, 0.1) is 21.0 Å². The molecule has 0 spiro atoms. The fourth-order valence-electron chi connectivity index (χ4n) is 3.09. The summed E-state index contributed by atoms with van der Waals surface area (Å²) in [5.41, 5.74) is -3.81. The van der Waals surface area contributed by atoms with Crippen molar-refractivity contribution in [1.82, 2.24) is 14.1 Å². The molecule has 2 aromatic rings. The predicted octanol–water partition coefficient (Wildman–Crippen LogP) is 3.74. The van der Waals surface area contributed by atoms with Crippen LogP contribution in [0.25, 0.3) is 0 Å². The summed E-state index contributed by atoms with van der Waals surface area (Å²) in [6.45, 7) is 2.30. The highest BCUT2D eigenvalue weighted by Gasteiger charge is 2.35. The number of aromatic carboxylic acids is 1. The number of amides is 2. The number of carboxylic acids is 1. The van der Waals surface area contributed by atoms with Crippen molar-refractivity contribution in [3.63, 3.8) is 0 Å². The van der Waals surface area contributed by atoms with Gasteiger partial charge in [-0.15, -0.1) is 0 Å². The number of halogens is 4. The maximum absolute atomic E-state index is 15.1. The maximum Gasteiger partial charge on any atom is 0.425 e. The molecular weight excluding hydrogens is 676 g/mol. The second-order valence-corrected chi connectivity index (χ2v) is 12.0. The molecule has 0 aliphatic heterocycles. The van der Waals surface area contributed by atoms with Crippen molar-refractivity contribution in [2.24, 2.45) is 0 Å². The molecule has 0 radical (unpaired) electrons. The third kappa shape index (κ3) is 8.18. The SMILES string of the molecule is CNS(=O)(=O)N(CC(=O)N(Cc1cc(C(=O)O)c(Nc2ccc(I)cc2F)c(F)c1F)OC)C(=O)OC(C)(C)C. The highest BCUT2D eigenvalue weighted by Crippen LogP contribution is 2.31. The summed E-state index contributed by atoms with van der Waals surface area (Å²) in [5.74, 6) is -7.06. The fraction of sp³-hybridized carbons (Fsp3) is 0.348. The smallest absolute Gasteiger partial charge is 0.425 e. The fourth-order valence-corrected chi connectivity index (χ4v) is 4.28. The van der Waals surface area contributed by atoms with E-state index < -0.39 is 81.1 Å². The Balaban J connectivity index is 2.43. The van der Waals surface area contributed by atoms with Gasteiger partial charge >= 0.3 is 22.3 Å². The van der Waals surface area contributed by atoms with Crippen molar-refractivity contribution in [3.05, 3.63) is 56.4 Å². The highest BCUT2D eigenvalue weighted by molar-refractivity contribution is 14.1. The molecule has 220 valence electrons. The van der Waals surface area contributed by atoms with Crippen LogP contribution in [0.2, 0.25) is 0 Å². The largest absolute Gasteiger partial charge is 0.478 e. The van der Waals surface area contributed by atoms with E-state index in [0.29, 0.717) is 14.7 Å². The standard InChI is InChI=1S/C23H26F3IN4O8S/c1-23(2,3)39-22(35)31(40(36,37)28-4)11-17(32)30(38-5)10-12-8-14(21(33)34)20(19(26)18(12)25)29-16-7-6-13(27)9-15(16)24/h6-9,28-29H,10-11H2,1-5H3,(H,33,34). The van der Waals surface area contributed by atoms with Crippen LogP contribution in [0.4, 0.5) is 29.3 Å². The topological polar surface area (TPSA) is 155 Å². The summed E-state index contributed by atoms with van der Waals surface area (Å²) in [7, 11) is -2.63.